The molecule has 1 aromatic carbocycles. The molecule has 1 amide bonds. The van der Waals surface area contributed by atoms with E-state index in [1.165, 1.54) is 5.56 Å². The normalized spacial score (nSPS) is 11.9. The lowest BCUT2D eigenvalue weighted by atomic mass is 10.1. The highest BCUT2D eigenvalue weighted by atomic mass is 79.9. The average Bonchev–Trinajstić information content (AvgIpc) is 2.36. The molecule has 4 nitrogen and oxygen atoms in total. The van der Waals surface area contributed by atoms with Crippen molar-refractivity contribution in [2.75, 3.05) is 0 Å². The lowest BCUT2D eigenvalue weighted by Gasteiger charge is -2.13. The van der Waals surface area contributed by atoms with E-state index in [4.69, 9.17) is 5.11 Å². The quantitative estimate of drug-likeness (QED) is 0.809. The Labute approximate surface area is 121 Å². The summed E-state index contributed by atoms with van der Waals surface area (Å²) in [6.45, 7) is 1.93. The molecular weight excluding hydrogens is 310 g/mol. The van der Waals surface area contributed by atoms with Crippen LogP contribution in [-0.4, -0.2) is 23.0 Å². The molecular formula is C14H18BrNO3. The van der Waals surface area contributed by atoms with Crippen LogP contribution >= 0.6 is 15.9 Å². The molecule has 1 atom stereocenters. The number of hydrogen-bond donors (Lipinski definition) is 2. The first kappa shape index (κ1) is 15.7. The zero-order valence-electron chi connectivity index (χ0n) is 10.9. The van der Waals surface area contributed by atoms with Gasteiger partial charge >= 0.3 is 5.97 Å². The molecule has 104 valence electrons. The summed E-state index contributed by atoms with van der Waals surface area (Å²) >= 11 is 3.38. The zero-order valence-corrected chi connectivity index (χ0v) is 12.4. The van der Waals surface area contributed by atoms with Crippen molar-refractivity contribution in [2.45, 2.75) is 38.6 Å². The van der Waals surface area contributed by atoms with Crippen molar-refractivity contribution in [2.24, 2.45) is 0 Å². The van der Waals surface area contributed by atoms with Gasteiger partial charge in [-0.05, 0) is 37.5 Å². The molecule has 0 aliphatic carbocycles. The highest BCUT2D eigenvalue weighted by molar-refractivity contribution is 9.10. The molecule has 0 spiro atoms. The molecule has 1 rings (SSSR count). The van der Waals surface area contributed by atoms with Crippen molar-refractivity contribution in [1.29, 1.82) is 0 Å². The van der Waals surface area contributed by atoms with Crippen LogP contribution in [-0.2, 0) is 16.0 Å². The van der Waals surface area contributed by atoms with Gasteiger partial charge in [-0.15, -0.1) is 0 Å². The third kappa shape index (κ3) is 6.96. The number of carboxylic acids is 1. The van der Waals surface area contributed by atoms with Crippen LogP contribution in [0.2, 0.25) is 0 Å². The van der Waals surface area contributed by atoms with E-state index in [1.807, 2.05) is 31.2 Å². The van der Waals surface area contributed by atoms with Gasteiger partial charge in [0.2, 0.25) is 5.91 Å². The van der Waals surface area contributed by atoms with Crippen LogP contribution in [0.3, 0.4) is 0 Å². The summed E-state index contributed by atoms with van der Waals surface area (Å²) in [5.41, 5.74) is 1.22. The zero-order chi connectivity index (χ0) is 14.3. The van der Waals surface area contributed by atoms with Gasteiger partial charge in [-0.2, -0.15) is 0 Å². The van der Waals surface area contributed by atoms with Crippen LogP contribution in [0.5, 0.6) is 0 Å². The Hall–Kier alpha value is -1.36. The smallest absolute Gasteiger partial charge is 0.303 e. The van der Waals surface area contributed by atoms with Gasteiger partial charge < -0.3 is 10.4 Å². The SMILES string of the molecule is CC(CCc1ccc(Br)cc1)NC(=O)CCC(=O)O. The fraction of sp³-hybridized carbons (Fsp3) is 0.429. The van der Waals surface area contributed by atoms with Gasteiger partial charge in [0.15, 0.2) is 0 Å². The van der Waals surface area contributed by atoms with Crippen LogP contribution < -0.4 is 5.32 Å². The van der Waals surface area contributed by atoms with Crippen molar-refractivity contribution >= 4 is 27.8 Å². The number of carbonyl (C=O) groups excluding carboxylic acids is 1. The Morgan fingerprint density at radius 2 is 1.89 bits per heavy atom. The maximum absolute atomic E-state index is 11.4. The summed E-state index contributed by atoms with van der Waals surface area (Å²) < 4.78 is 1.05. The van der Waals surface area contributed by atoms with E-state index in [1.54, 1.807) is 0 Å². The van der Waals surface area contributed by atoms with Gasteiger partial charge in [0.1, 0.15) is 0 Å². The molecule has 19 heavy (non-hydrogen) atoms. The number of aryl methyl sites for hydroxylation is 1. The van der Waals surface area contributed by atoms with Crippen LogP contribution in [0.4, 0.5) is 0 Å². The van der Waals surface area contributed by atoms with Crippen LogP contribution in [0.1, 0.15) is 31.7 Å². The van der Waals surface area contributed by atoms with Gasteiger partial charge in [0, 0.05) is 16.9 Å². The van der Waals surface area contributed by atoms with Gasteiger partial charge in [-0.1, -0.05) is 28.1 Å². The number of carboxylic acid groups (broad SMARTS) is 1. The topological polar surface area (TPSA) is 66.4 Å². The van der Waals surface area contributed by atoms with E-state index in [0.29, 0.717) is 0 Å². The first-order chi connectivity index (χ1) is 8.97. The summed E-state index contributed by atoms with van der Waals surface area (Å²) in [6.07, 6.45) is 1.64. The fourth-order valence-corrected chi connectivity index (χ4v) is 1.94. The van der Waals surface area contributed by atoms with Crippen molar-refractivity contribution < 1.29 is 14.7 Å². The summed E-state index contributed by atoms with van der Waals surface area (Å²) in [5.74, 6) is -1.15. The van der Waals surface area contributed by atoms with Crippen molar-refractivity contribution in [3.8, 4) is 0 Å². The van der Waals surface area contributed by atoms with Crippen LogP contribution in [0.15, 0.2) is 28.7 Å². The molecule has 0 saturated carbocycles. The van der Waals surface area contributed by atoms with Crippen LogP contribution in [0.25, 0.3) is 0 Å². The number of halogens is 1. The second kappa shape index (κ2) is 7.94. The molecule has 0 radical (unpaired) electrons. The van der Waals surface area contributed by atoms with E-state index in [9.17, 15) is 9.59 Å². The van der Waals surface area contributed by atoms with Gasteiger partial charge in [-0.25, -0.2) is 0 Å². The number of carbonyl (C=O) groups is 2. The minimum Gasteiger partial charge on any atom is -0.481 e. The molecule has 0 aliphatic heterocycles. The van der Waals surface area contributed by atoms with E-state index in [0.717, 1.165) is 17.3 Å². The maximum atomic E-state index is 11.4. The second-order valence-electron chi connectivity index (χ2n) is 4.53. The number of amides is 1. The fourth-order valence-electron chi connectivity index (χ4n) is 1.67. The lowest BCUT2D eigenvalue weighted by Crippen LogP contribution is -2.33. The minimum absolute atomic E-state index is 0.0396. The summed E-state index contributed by atoms with van der Waals surface area (Å²) in [6, 6.07) is 8.12. The van der Waals surface area contributed by atoms with E-state index >= 15 is 0 Å². The Balaban J connectivity index is 2.27. The van der Waals surface area contributed by atoms with Crippen molar-refractivity contribution in [1.82, 2.24) is 5.32 Å². The monoisotopic (exact) mass is 327 g/mol. The molecule has 1 unspecified atom stereocenters. The molecule has 0 bridgehead atoms. The summed E-state index contributed by atoms with van der Waals surface area (Å²) in [7, 11) is 0. The predicted molar refractivity (Wildman–Crippen MR) is 76.9 cm³/mol. The first-order valence-corrected chi connectivity index (χ1v) is 7.02. The average molecular weight is 328 g/mol. The molecule has 1 aromatic rings. The highest BCUT2D eigenvalue weighted by Crippen LogP contribution is 2.12. The number of hydrogen-bond acceptors (Lipinski definition) is 2. The van der Waals surface area contributed by atoms with Crippen molar-refractivity contribution in [3.05, 3.63) is 34.3 Å². The molecule has 5 heteroatoms. The van der Waals surface area contributed by atoms with Gasteiger partial charge in [0.25, 0.3) is 0 Å². The second-order valence-corrected chi connectivity index (χ2v) is 5.44. The third-order valence-electron chi connectivity index (χ3n) is 2.75. The highest BCUT2D eigenvalue weighted by Gasteiger charge is 2.09. The number of aliphatic carboxylic acids is 1. The number of nitrogens with one attached hydrogen (secondary N) is 1. The van der Waals surface area contributed by atoms with Gasteiger partial charge in [-0.3, -0.25) is 9.59 Å². The first-order valence-electron chi connectivity index (χ1n) is 6.23. The molecule has 0 aliphatic rings. The van der Waals surface area contributed by atoms with E-state index in [-0.39, 0.29) is 24.8 Å². The number of rotatable bonds is 7. The van der Waals surface area contributed by atoms with Crippen molar-refractivity contribution in [3.63, 3.8) is 0 Å². The Morgan fingerprint density at radius 1 is 1.26 bits per heavy atom. The Bertz CT molecular complexity index is 431. The predicted octanol–water partition coefficient (Wildman–Crippen LogP) is 2.75. The van der Waals surface area contributed by atoms with E-state index < -0.39 is 5.97 Å². The Kier molecular flexibility index (Phi) is 6.56. The molecule has 0 saturated heterocycles. The number of benzene rings is 1. The maximum Gasteiger partial charge on any atom is 0.303 e. The molecule has 2 N–H and O–H groups in total. The largest absolute Gasteiger partial charge is 0.481 e. The molecule has 0 fully saturated rings. The Morgan fingerprint density at radius 3 is 2.47 bits per heavy atom. The minimum atomic E-state index is -0.947. The summed E-state index contributed by atoms with van der Waals surface area (Å²) in [4.78, 5) is 21.8. The third-order valence-corrected chi connectivity index (χ3v) is 3.28. The summed E-state index contributed by atoms with van der Waals surface area (Å²) in [5, 5.41) is 11.3. The van der Waals surface area contributed by atoms with E-state index in [2.05, 4.69) is 21.2 Å². The lowest BCUT2D eigenvalue weighted by molar-refractivity contribution is -0.138. The van der Waals surface area contributed by atoms with Crippen LogP contribution in [0, 0.1) is 0 Å². The van der Waals surface area contributed by atoms with Gasteiger partial charge in [0.05, 0.1) is 6.42 Å². The standard InChI is InChI=1S/C14H18BrNO3/c1-10(16-13(17)8-9-14(18)19)2-3-11-4-6-12(15)7-5-11/h4-7,10H,2-3,8-9H2,1H3,(H,16,17)(H,18,19). The molecule has 0 aromatic heterocycles. The molecule has 0 heterocycles.